The van der Waals surface area contributed by atoms with Crippen molar-refractivity contribution in [2.45, 2.75) is 6.92 Å². The number of carbonyl (C=O) groups excluding carboxylic acids is 1. The Kier molecular flexibility index (Phi) is 4.57. The molecule has 3 N–H and O–H groups in total. The third kappa shape index (κ3) is 3.43. The van der Waals surface area contributed by atoms with E-state index in [0.29, 0.717) is 36.1 Å². The molecule has 3 rings (SSSR count). The Hall–Kier alpha value is -2.74. The zero-order valence-corrected chi connectivity index (χ0v) is 13.8. The van der Waals surface area contributed by atoms with Gasteiger partial charge in [-0.2, -0.15) is 0 Å². The molecular formula is C16H21N6O2+. The van der Waals surface area contributed by atoms with Crippen LogP contribution in [-0.4, -0.2) is 61.7 Å². The number of morpholine rings is 1. The fourth-order valence-electron chi connectivity index (χ4n) is 2.58. The van der Waals surface area contributed by atoms with Gasteiger partial charge in [0.1, 0.15) is 13.3 Å². The third-order valence-corrected chi connectivity index (χ3v) is 3.87. The summed E-state index contributed by atoms with van der Waals surface area (Å²) in [5.74, 6) is 0.325. The summed E-state index contributed by atoms with van der Waals surface area (Å²) in [4.78, 5) is 18.3. The monoisotopic (exact) mass is 329 g/mol. The first-order valence-electron chi connectivity index (χ1n) is 7.78. The predicted molar refractivity (Wildman–Crippen MR) is 94.7 cm³/mol. The maximum absolute atomic E-state index is 11.5. The molecule has 0 aromatic heterocycles. The van der Waals surface area contributed by atoms with Crippen molar-refractivity contribution in [2.75, 3.05) is 43.6 Å². The second kappa shape index (κ2) is 6.79. The second-order valence-electron chi connectivity index (χ2n) is 5.63. The lowest BCUT2D eigenvalue weighted by Gasteiger charge is -2.29. The van der Waals surface area contributed by atoms with Crippen molar-refractivity contribution in [3.8, 4) is 0 Å². The molecule has 1 aromatic carbocycles. The van der Waals surface area contributed by atoms with Gasteiger partial charge >= 0.3 is 5.84 Å². The Bertz CT molecular complexity index is 747. The number of anilines is 2. The molecule has 1 amide bonds. The molecule has 0 atom stereocenters. The molecule has 0 unspecified atom stereocenters. The minimum atomic E-state index is -0.148. The van der Waals surface area contributed by atoms with Gasteiger partial charge in [0.2, 0.25) is 5.91 Å². The number of carbonyl (C=O) groups is 1. The number of amides is 1. The summed E-state index contributed by atoms with van der Waals surface area (Å²) in [6.45, 7) is 4.53. The Morgan fingerprint density at radius 2 is 2.17 bits per heavy atom. The zero-order valence-electron chi connectivity index (χ0n) is 13.8. The van der Waals surface area contributed by atoms with Crippen molar-refractivity contribution < 1.29 is 14.2 Å². The highest BCUT2D eigenvalue weighted by molar-refractivity contribution is 6.62. The molecule has 0 aliphatic carbocycles. The molecule has 0 spiro atoms. The molecule has 2 aliphatic heterocycles. The van der Waals surface area contributed by atoms with Crippen LogP contribution in [0.4, 0.5) is 17.1 Å². The first-order chi connectivity index (χ1) is 11.5. The van der Waals surface area contributed by atoms with Gasteiger partial charge in [0.25, 0.3) is 0 Å². The molecule has 1 saturated heterocycles. The molecule has 1 aromatic rings. The summed E-state index contributed by atoms with van der Waals surface area (Å²) in [6, 6.07) is 5.79. The Balaban J connectivity index is 1.95. The van der Waals surface area contributed by atoms with Crippen LogP contribution in [0.2, 0.25) is 0 Å². The summed E-state index contributed by atoms with van der Waals surface area (Å²) in [5, 5.41) is 6.92. The number of hydrazone groups is 1. The minimum Gasteiger partial charge on any atom is -0.378 e. The molecule has 1 fully saturated rings. The van der Waals surface area contributed by atoms with Crippen LogP contribution >= 0.6 is 0 Å². The van der Waals surface area contributed by atoms with Crippen molar-refractivity contribution >= 4 is 40.7 Å². The number of rotatable bonds is 3. The van der Waals surface area contributed by atoms with Gasteiger partial charge in [-0.05, 0) is 18.2 Å². The average molecular weight is 329 g/mol. The lowest BCUT2D eigenvalue weighted by atomic mass is 10.2. The van der Waals surface area contributed by atoms with Crippen molar-refractivity contribution in [3.05, 3.63) is 18.2 Å². The van der Waals surface area contributed by atoms with Gasteiger partial charge in [-0.25, -0.2) is 4.99 Å². The molecule has 0 bridgehead atoms. The summed E-state index contributed by atoms with van der Waals surface area (Å²) >= 11 is 0. The van der Waals surface area contributed by atoms with E-state index < -0.39 is 0 Å². The Morgan fingerprint density at radius 1 is 1.42 bits per heavy atom. The zero-order chi connectivity index (χ0) is 17.1. The van der Waals surface area contributed by atoms with E-state index >= 15 is 0 Å². The summed E-state index contributed by atoms with van der Waals surface area (Å²) in [7, 11) is 1.75. The van der Waals surface area contributed by atoms with E-state index in [0.717, 1.165) is 18.8 Å². The smallest absolute Gasteiger partial charge is 0.320 e. The highest BCUT2D eigenvalue weighted by Crippen LogP contribution is 2.31. The van der Waals surface area contributed by atoms with Crippen LogP contribution in [0.15, 0.2) is 28.3 Å². The predicted octanol–water partition coefficient (Wildman–Crippen LogP) is 0.553. The van der Waals surface area contributed by atoms with Crippen LogP contribution in [0.1, 0.15) is 6.92 Å². The topological polar surface area (TPSA) is 95.3 Å². The lowest BCUT2D eigenvalue weighted by molar-refractivity contribution is -0.498. The molecule has 24 heavy (non-hydrogen) atoms. The van der Waals surface area contributed by atoms with Crippen molar-refractivity contribution in [3.63, 3.8) is 0 Å². The molecule has 0 radical (unpaired) electrons. The van der Waals surface area contributed by atoms with E-state index in [9.17, 15) is 4.79 Å². The molecule has 8 heteroatoms. The molecule has 0 saturated carbocycles. The number of benzene rings is 1. The molecule has 2 aliphatic rings. The standard InChI is InChI=1S/C16H20N6O2/c1-11(23)19-14-9-12(22-5-7-24-8-6-22)3-4-13(14)20-15-10-18-21(2)16(15)17/h3-4,9-10H,5-8H2,1-2H3,(H2,17,18,19,23)/p+1. The van der Waals surface area contributed by atoms with Gasteiger partial charge in [0.05, 0.1) is 24.6 Å². The van der Waals surface area contributed by atoms with Gasteiger partial charge in [-0.1, -0.05) is 5.10 Å². The number of amidine groups is 1. The highest BCUT2D eigenvalue weighted by atomic mass is 16.5. The number of hydrogen-bond acceptors (Lipinski definition) is 6. The average Bonchev–Trinajstić information content (AvgIpc) is 2.89. The highest BCUT2D eigenvalue weighted by Gasteiger charge is 2.20. The van der Waals surface area contributed by atoms with Crippen molar-refractivity contribution in [1.82, 2.24) is 0 Å². The first-order valence-corrected chi connectivity index (χ1v) is 7.78. The van der Waals surface area contributed by atoms with Crippen LogP contribution in [0.3, 0.4) is 0 Å². The molecular weight excluding hydrogens is 308 g/mol. The van der Waals surface area contributed by atoms with Gasteiger partial charge in [-0.15, -0.1) is 4.68 Å². The number of hydrogen-bond donors (Lipinski definition) is 2. The van der Waals surface area contributed by atoms with Crippen LogP contribution in [-0.2, 0) is 9.53 Å². The van der Waals surface area contributed by atoms with E-state index in [2.05, 4.69) is 20.3 Å². The number of nitrogens with one attached hydrogen (secondary N) is 1. The Morgan fingerprint density at radius 3 is 2.79 bits per heavy atom. The SMILES string of the molecule is CC(=O)Nc1cc(N2CCOCC2)ccc1N=C1C=N[N+](C)=C1N. The number of nitrogens with zero attached hydrogens (tertiary/aromatic N) is 4. The van der Waals surface area contributed by atoms with Crippen LogP contribution in [0, 0.1) is 0 Å². The van der Waals surface area contributed by atoms with Crippen molar-refractivity contribution in [1.29, 1.82) is 0 Å². The summed E-state index contributed by atoms with van der Waals surface area (Å²) < 4.78 is 6.94. The minimum absolute atomic E-state index is 0.148. The fourth-order valence-corrected chi connectivity index (χ4v) is 2.58. The van der Waals surface area contributed by atoms with E-state index in [-0.39, 0.29) is 5.91 Å². The molecule has 2 heterocycles. The molecule has 8 nitrogen and oxygen atoms in total. The van der Waals surface area contributed by atoms with Crippen LogP contribution in [0.25, 0.3) is 0 Å². The molecule has 126 valence electrons. The third-order valence-electron chi connectivity index (χ3n) is 3.87. The second-order valence-corrected chi connectivity index (χ2v) is 5.63. The largest absolute Gasteiger partial charge is 0.378 e. The quantitative estimate of drug-likeness (QED) is 0.792. The van der Waals surface area contributed by atoms with Crippen LogP contribution in [0.5, 0.6) is 0 Å². The summed E-state index contributed by atoms with van der Waals surface area (Å²) in [6.07, 6.45) is 1.60. The van der Waals surface area contributed by atoms with Crippen molar-refractivity contribution in [2.24, 2.45) is 15.8 Å². The van der Waals surface area contributed by atoms with E-state index in [1.807, 2.05) is 18.2 Å². The van der Waals surface area contributed by atoms with E-state index in [1.54, 1.807) is 17.9 Å². The van der Waals surface area contributed by atoms with Gasteiger partial charge in [0, 0.05) is 25.7 Å². The maximum atomic E-state index is 11.5. The van der Waals surface area contributed by atoms with E-state index in [4.69, 9.17) is 10.5 Å². The van der Waals surface area contributed by atoms with Gasteiger partial charge in [0.15, 0.2) is 5.71 Å². The number of nitrogens with two attached hydrogens (primary N) is 1. The van der Waals surface area contributed by atoms with Crippen LogP contribution < -0.4 is 16.0 Å². The normalized spacial score (nSPS) is 19.2. The lowest BCUT2D eigenvalue weighted by Crippen LogP contribution is -2.36. The van der Waals surface area contributed by atoms with E-state index in [1.165, 1.54) is 6.92 Å². The Labute approximate surface area is 140 Å². The fraction of sp³-hybridized carbons (Fsp3) is 0.375. The number of ether oxygens (including phenoxy) is 1. The van der Waals surface area contributed by atoms with Gasteiger partial charge < -0.3 is 15.0 Å². The number of aliphatic imine (C=N–C) groups is 1. The summed E-state index contributed by atoms with van der Waals surface area (Å²) in [5.41, 5.74) is 8.83. The maximum Gasteiger partial charge on any atom is 0.320 e. The van der Waals surface area contributed by atoms with Gasteiger partial charge in [-0.3, -0.25) is 10.5 Å². The first kappa shape index (κ1) is 16.1.